The van der Waals surface area contributed by atoms with Gasteiger partial charge in [-0.05, 0) is 36.9 Å². The zero-order valence-corrected chi connectivity index (χ0v) is 13.4. The van der Waals surface area contributed by atoms with Crippen LogP contribution in [0.2, 0.25) is 0 Å². The molecule has 0 spiro atoms. The number of aromatic nitrogens is 1. The molecule has 1 unspecified atom stereocenters. The Morgan fingerprint density at radius 3 is 2.65 bits per heavy atom. The first-order valence-electron chi connectivity index (χ1n) is 7.30. The Labute approximate surface area is 126 Å². The van der Waals surface area contributed by atoms with E-state index in [4.69, 9.17) is 0 Å². The molecule has 1 atom stereocenters. The Bertz CT molecular complexity index is 505. The van der Waals surface area contributed by atoms with Gasteiger partial charge in [-0.2, -0.15) is 0 Å². The lowest BCUT2D eigenvalue weighted by Gasteiger charge is -2.20. The molecular formula is C17H24N2S. The second kappa shape index (κ2) is 7.55. The first kappa shape index (κ1) is 15.2. The van der Waals surface area contributed by atoms with Gasteiger partial charge in [-0.25, -0.2) is 0 Å². The number of thiazole rings is 1. The summed E-state index contributed by atoms with van der Waals surface area (Å²) in [6, 6.07) is 8.73. The quantitative estimate of drug-likeness (QED) is 0.832. The predicted molar refractivity (Wildman–Crippen MR) is 87.4 cm³/mol. The fourth-order valence-corrected chi connectivity index (χ4v) is 3.15. The summed E-state index contributed by atoms with van der Waals surface area (Å²) < 4.78 is 0. The number of nitrogens with zero attached hydrogens (tertiary/aromatic N) is 1. The summed E-state index contributed by atoms with van der Waals surface area (Å²) in [7, 11) is 0. The molecule has 1 aromatic carbocycles. The van der Waals surface area contributed by atoms with Crippen molar-refractivity contribution >= 4 is 11.3 Å². The Morgan fingerprint density at radius 1 is 1.20 bits per heavy atom. The van der Waals surface area contributed by atoms with Gasteiger partial charge in [0.1, 0.15) is 0 Å². The van der Waals surface area contributed by atoms with Crippen LogP contribution in [0.5, 0.6) is 0 Å². The summed E-state index contributed by atoms with van der Waals surface area (Å²) in [6.45, 7) is 8.81. The summed E-state index contributed by atoms with van der Waals surface area (Å²) in [5.41, 5.74) is 4.76. The summed E-state index contributed by atoms with van der Waals surface area (Å²) in [4.78, 5) is 5.56. The maximum atomic E-state index is 4.20. The summed E-state index contributed by atoms with van der Waals surface area (Å²) in [5.74, 6) is 1.21. The summed E-state index contributed by atoms with van der Waals surface area (Å²) in [6.07, 6.45) is 3.07. The highest BCUT2D eigenvalue weighted by molar-refractivity contribution is 7.09. The van der Waals surface area contributed by atoms with Crippen LogP contribution in [0.3, 0.4) is 0 Å². The molecule has 0 saturated heterocycles. The molecule has 1 N–H and O–H groups in total. The Balaban J connectivity index is 2.09. The lowest BCUT2D eigenvalue weighted by atomic mass is 9.91. The Kier molecular flexibility index (Phi) is 5.74. The Morgan fingerprint density at radius 2 is 2.00 bits per heavy atom. The first-order chi connectivity index (χ1) is 9.66. The minimum atomic E-state index is 0.524. The molecular weight excluding hydrogens is 264 g/mol. The van der Waals surface area contributed by atoms with Crippen LogP contribution in [0.15, 0.2) is 36.0 Å². The minimum Gasteiger partial charge on any atom is -0.316 e. The van der Waals surface area contributed by atoms with Crippen LogP contribution in [0.4, 0.5) is 0 Å². The highest BCUT2D eigenvalue weighted by atomic mass is 32.1. The predicted octanol–water partition coefficient (Wildman–Crippen LogP) is 4.02. The highest BCUT2D eigenvalue weighted by Crippen LogP contribution is 2.24. The van der Waals surface area contributed by atoms with Crippen LogP contribution in [0, 0.1) is 12.8 Å². The van der Waals surface area contributed by atoms with Crippen molar-refractivity contribution in [2.75, 3.05) is 13.1 Å². The van der Waals surface area contributed by atoms with Gasteiger partial charge in [-0.1, -0.05) is 38.1 Å². The number of hydrogen-bond acceptors (Lipinski definition) is 3. The number of nitrogens with one attached hydrogen (secondary N) is 1. The third kappa shape index (κ3) is 4.43. The van der Waals surface area contributed by atoms with Crippen molar-refractivity contribution in [3.8, 4) is 0 Å². The van der Waals surface area contributed by atoms with Crippen molar-refractivity contribution in [3.05, 3.63) is 52.0 Å². The van der Waals surface area contributed by atoms with E-state index < -0.39 is 0 Å². The van der Waals surface area contributed by atoms with Crippen molar-refractivity contribution in [2.45, 2.75) is 33.1 Å². The summed E-state index contributed by atoms with van der Waals surface area (Å²) >= 11 is 1.75. The van der Waals surface area contributed by atoms with Gasteiger partial charge in [-0.3, -0.25) is 4.98 Å². The SMILES string of the molecule is Cc1ccccc1C(CNCC(C)C)Cc1cncs1. The van der Waals surface area contributed by atoms with Crippen molar-refractivity contribution in [3.63, 3.8) is 0 Å². The van der Waals surface area contributed by atoms with Gasteiger partial charge in [-0.15, -0.1) is 11.3 Å². The molecule has 20 heavy (non-hydrogen) atoms. The fourth-order valence-electron chi connectivity index (χ4n) is 2.47. The van der Waals surface area contributed by atoms with Crippen LogP contribution in [-0.4, -0.2) is 18.1 Å². The standard InChI is InChI=1S/C17H24N2S/c1-13(2)9-18-10-15(8-16-11-19-12-20-16)17-7-5-4-6-14(17)3/h4-7,11-13,15,18H,8-10H2,1-3H3. The van der Waals surface area contributed by atoms with E-state index in [0.29, 0.717) is 11.8 Å². The Hall–Kier alpha value is -1.19. The third-order valence-corrected chi connectivity index (χ3v) is 4.30. The van der Waals surface area contributed by atoms with E-state index in [1.807, 2.05) is 11.7 Å². The van der Waals surface area contributed by atoms with Gasteiger partial charge < -0.3 is 5.32 Å². The van der Waals surface area contributed by atoms with Gasteiger partial charge in [0.05, 0.1) is 5.51 Å². The van der Waals surface area contributed by atoms with Crippen LogP contribution in [0.1, 0.15) is 35.8 Å². The fraction of sp³-hybridized carbons (Fsp3) is 0.471. The molecule has 0 aliphatic rings. The van der Waals surface area contributed by atoms with Crippen LogP contribution < -0.4 is 5.32 Å². The molecule has 0 radical (unpaired) electrons. The first-order valence-corrected chi connectivity index (χ1v) is 8.18. The largest absolute Gasteiger partial charge is 0.316 e. The highest BCUT2D eigenvalue weighted by Gasteiger charge is 2.15. The van der Waals surface area contributed by atoms with E-state index in [1.54, 1.807) is 11.3 Å². The lowest BCUT2D eigenvalue weighted by Crippen LogP contribution is -2.26. The molecule has 2 rings (SSSR count). The minimum absolute atomic E-state index is 0.524. The van der Waals surface area contributed by atoms with E-state index in [0.717, 1.165) is 19.5 Å². The molecule has 0 aliphatic heterocycles. The van der Waals surface area contributed by atoms with Crippen molar-refractivity contribution in [1.29, 1.82) is 0 Å². The van der Waals surface area contributed by atoms with Gasteiger partial charge in [0.2, 0.25) is 0 Å². The number of aryl methyl sites for hydroxylation is 1. The van der Waals surface area contributed by atoms with E-state index in [1.165, 1.54) is 16.0 Å². The van der Waals surface area contributed by atoms with Gasteiger partial charge in [0.25, 0.3) is 0 Å². The van der Waals surface area contributed by atoms with Crippen molar-refractivity contribution in [1.82, 2.24) is 10.3 Å². The zero-order chi connectivity index (χ0) is 14.4. The van der Waals surface area contributed by atoms with Crippen LogP contribution >= 0.6 is 11.3 Å². The molecule has 1 heterocycles. The topological polar surface area (TPSA) is 24.9 Å². The molecule has 0 amide bonds. The number of rotatable bonds is 7. The third-order valence-electron chi connectivity index (χ3n) is 3.50. The van der Waals surface area contributed by atoms with E-state index in [2.05, 4.69) is 55.3 Å². The normalized spacial score (nSPS) is 12.8. The molecule has 0 bridgehead atoms. The molecule has 3 heteroatoms. The van der Waals surface area contributed by atoms with E-state index >= 15 is 0 Å². The molecule has 0 fully saturated rings. The smallest absolute Gasteiger partial charge is 0.0794 e. The maximum Gasteiger partial charge on any atom is 0.0794 e. The van der Waals surface area contributed by atoms with Crippen LogP contribution in [-0.2, 0) is 6.42 Å². The van der Waals surface area contributed by atoms with E-state index in [9.17, 15) is 0 Å². The van der Waals surface area contributed by atoms with Crippen molar-refractivity contribution < 1.29 is 0 Å². The van der Waals surface area contributed by atoms with Crippen LogP contribution in [0.25, 0.3) is 0 Å². The molecule has 0 saturated carbocycles. The number of hydrogen-bond donors (Lipinski definition) is 1. The van der Waals surface area contributed by atoms with Gasteiger partial charge in [0.15, 0.2) is 0 Å². The lowest BCUT2D eigenvalue weighted by molar-refractivity contribution is 0.514. The molecule has 1 aromatic heterocycles. The second-order valence-corrected chi connectivity index (χ2v) is 6.75. The van der Waals surface area contributed by atoms with Gasteiger partial charge in [0, 0.05) is 23.5 Å². The monoisotopic (exact) mass is 288 g/mol. The average Bonchev–Trinajstić information content (AvgIpc) is 2.91. The van der Waals surface area contributed by atoms with E-state index in [-0.39, 0.29) is 0 Å². The second-order valence-electron chi connectivity index (χ2n) is 5.78. The molecule has 108 valence electrons. The van der Waals surface area contributed by atoms with Gasteiger partial charge >= 0.3 is 0 Å². The molecule has 0 aliphatic carbocycles. The molecule has 2 nitrogen and oxygen atoms in total. The number of benzene rings is 1. The van der Waals surface area contributed by atoms with Crippen molar-refractivity contribution in [2.24, 2.45) is 5.92 Å². The average molecular weight is 288 g/mol. The maximum absolute atomic E-state index is 4.20. The zero-order valence-electron chi connectivity index (χ0n) is 12.6. The molecule has 2 aromatic rings. The summed E-state index contributed by atoms with van der Waals surface area (Å²) in [5, 5.41) is 3.61.